The van der Waals surface area contributed by atoms with Crippen molar-refractivity contribution in [3.63, 3.8) is 0 Å². The summed E-state index contributed by atoms with van der Waals surface area (Å²) in [7, 11) is 1.84. The number of nitrogens with zero attached hydrogens (tertiary/aromatic N) is 2. The van der Waals surface area contributed by atoms with Crippen molar-refractivity contribution < 1.29 is 0 Å². The van der Waals surface area contributed by atoms with Crippen LogP contribution in [0.25, 0.3) is 0 Å². The van der Waals surface area contributed by atoms with Crippen LogP contribution in [-0.4, -0.2) is 23.6 Å². The molecule has 86 valence electrons. The average molecular weight is 210 g/mol. The Hall–Kier alpha value is -1.32. The normalized spacial score (nSPS) is 8.80. The van der Waals surface area contributed by atoms with E-state index in [4.69, 9.17) is 0 Å². The Morgan fingerprint density at radius 1 is 1.13 bits per heavy atom. The topological polar surface area (TPSA) is 49.8 Å². The summed E-state index contributed by atoms with van der Waals surface area (Å²) in [6.45, 7) is 7.11. The van der Waals surface area contributed by atoms with Gasteiger partial charge in [0.25, 0.3) is 0 Å². The number of anilines is 2. The maximum absolute atomic E-state index is 4.19. The maximum Gasteiger partial charge on any atom is 0.169 e. The third-order valence-corrected chi connectivity index (χ3v) is 1.76. The van der Waals surface area contributed by atoms with E-state index >= 15 is 0 Å². The van der Waals surface area contributed by atoms with Crippen molar-refractivity contribution in [3.05, 3.63) is 12.4 Å². The molecule has 0 atom stereocenters. The fraction of sp³-hybridized carbons (Fsp3) is 0.636. The quantitative estimate of drug-likeness (QED) is 0.734. The molecule has 1 aromatic rings. The molecule has 2 N–H and O–H groups in total. The molecular weight excluding hydrogens is 188 g/mol. The standard InChI is InChI=1S/C9H16N4.C2H6/c1-3-4-5-11-9-8(10-2)12-6-7-13-9;1-2/h6-7H,3-5H2,1-2H3,(H,10,12)(H,11,13);1-2H3. The molecule has 0 amide bonds. The lowest BCUT2D eigenvalue weighted by molar-refractivity contribution is 0.830. The number of rotatable bonds is 5. The van der Waals surface area contributed by atoms with Crippen molar-refractivity contribution in [2.24, 2.45) is 0 Å². The number of unbranched alkanes of at least 4 members (excludes halogenated alkanes) is 1. The van der Waals surface area contributed by atoms with Gasteiger partial charge in [0.1, 0.15) is 0 Å². The molecule has 0 aliphatic carbocycles. The second kappa shape index (κ2) is 9.24. The molecule has 0 spiro atoms. The van der Waals surface area contributed by atoms with E-state index in [-0.39, 0.29) is 0 Å². The summed E-state index contributed by atoms with van der Waals surface area (Å²) in [6, 6.07) is 0. The Kier molecular flexibility index (Phi) is 8.43. The lowest BCUT2D eigenvalue weighted by atomic mass is 10.3. The van der Waals surface area contributed by atoms with E-state index in [1.807, 2.05) is 20.9 Å². The zero-order valence-electron chi connectivity index (χ0n) is 10.2. The lowest BCUT2D eigenvalue weighted by Gasteiger charge is -2.07. The fourth-order valence-electron chi connectivity index (χ4n) is 1.03. The van der Waals surface area contributed by atoms with Crippen LogP contribution in [0.4, 0.5) is 11.6 Å². The molecule has 15 heavy (non-hydrogen) atoms. The van der Waals surface area contributed by atoms with Crippen LogP contribution in [0.15, 0.2) is 12.4 Å². The van der Waals surface area contributed by atoms with Gasteiger partial charge in [0, 0.05) is 26.0 Å². The van der Waals surface area contributed by atoms with Gasteiger partial charge < -0.3 is 10.6 Å². The third kappa shape index (κ3) is 5.20. The lowest BCUT2D eigenvalue weighted by Crippen LogP contribution is -2.06. The number of nitrogens with one attached hydrogen (secondary N) is 2. The van der Waals surface area contributed by atoms with Crippen LogP contribution in [0.1, 0.15) is 33.6 Å². The van der Waals surface area contributed by atoms with Gasteiger partial charge in [-0.25, -0.2) is 9.97 Å². The first-order valence-electron chi connectivity index (χ1n) is 5.61. The largest absolute Gasteiger partial charge is 0.370 e. The molecule has 0 aliphatic heterocycles. The highest BCUT2D eigenvalue weighted by Gasteiger charge is 1.99. The summed E-state index contributed by atoms with van der Waals surface area (Å²) in [5.41, 5.74) is 0. The molecule has 0 saturated carbocycles. The molecule has 0 radical (unpaired) electrons. The molecule has 0 aliphatic rings. The van der Waals surface area contributed by atoms with Crippen LogP contribution in [0.3, 0.4) is 0 Å². The summed E-state index contributed by atoms with van der Waals surface area (Å²) >= 11 is 0. The summed E-state index contributed by atoms with van der Waals surface area (Å²) in [5, 5.41) is 6.22. The van der Waals surface area contributed by atoms with Gasteiger partial charge in [0.2, 0.25) is 0 Å². The summed E-state index contributed by atoms with van der Waals surface area (Å²) in [5.74, 6) is 1.64. The molecule has 0 unspecified atom stereocenters. The number of hydrogen-bond acceptors (Lipinski definition) is 4. The zero-order chi connectivity index (χ0) is 11.5. The van der Waals surface area contributed by atoms with E-state index in [0.717, 1.165) is 24.6 Å². The molecule has 0 saturated heterocycles. The van der Waals surface area contributed by atoms with Crippen LogP contribution in [-0.2, 0) is 0 Å². The minimum atomic E-state index is 0.804. The highest BCUT2D eigenvalue weighted by molar-refractivity contribution is 5.57. The van der Waals surface area contributed by atoms with Gasteiger partial charge in [-0.15, -0.1) is 0 Å². The predicted molar refractivity (Wildman–Crippen MR) is 66.3 cm³/mol. The van der Waals surface area contributed by atoms with Crippen molar-refractivity contribution in [1.29, 1.82) is 0 Å². The van der Waals surface area contributed by atoms with Crippen LogP contribution >= 0.6 is 0 Å². The number of hydrogen-bond donors (Lipinski definition) is 2. The van der Waals surface area contributed by atoms with Crippen LogP contribution in [0.5, 0.6) is 0 Å². The Labute approximate surface area is 92.5 Å². The molecule has 0 aromatic carbocycles. The molecule has 4 nitrogen and oxygen atoms in total. The minimum Gasteiger partial charge on any atom is -0.370 e. The van der Waals surface area contributed by atoms with Gasteiger partial charge in [0.05, 0.1) is 0 Å². The molecule has 0 bridgehead atoms. The Balaban J connectivity index is 0.000000921. The Morgan fingerprint density at radius 2 is 1.73 bits per heavy atom. The highest BCUT2D eigenvalue weighted by atomic mass is 15.1. The van der Waals surface area contributed by atoms with E-state index in [0.29, 0.717) is 0 Å². The van der Waals surface area contributed by atoms with Crippen LogP contribution < -0.4 is 10.6 Å². The molecule has 1 rings (SSSR count). The van der Waals surface area contributed by atoms with Crippen molar-refractivity contribution in [1.82, 2.24) is 9.97 Å². The van der Waals surface area contributed by atoms with Crippen molar-refractivity contribution in [3.8, 4) is 0 Å². The van der Waals surface area contributed by atoms with Gasteiger partial charge in [0.15, 0.2) is 11.6 Å². The summed E-state index contributed by atoms with van der Waals surface area (Å²) in [4.78, 5) is 8.33. The highest BCUT2D eigenvalue weighted by Crippen LogP contribution is 2.12. The van der Waals surface area contributed by atoms with E-state index in [1.54, 1.807) is 12.4 Å². The molecule has 0 fully saturated rings. The van der Waals surface area contributed by atoms with Gasteiger partial charge in [-0.1, -0.05) is 27.2 Å². The van der Waals surface area contributed by atoms with Gasteiger partial charge in [-0.3, -0.25) is 0 Å². The fourth-order valence-corrected chi connectivity index (χ4v) is 1.03. The molecule has 1 heterocycles. The first-order chi connectivity index (χ1) is 7.38. The summed E-state index contributed by atoms with van der Waals surface area (Å²) < 4.78 is 0. The van der Waals surface area contributed by atoms with E-state index in [1.165, 1.54) is 6.42 Å². The van der Waals surface area contributed by atoms with Gasteiger partial charge in [-0.05, 0) is 6.42 Å². The van der Waals surface area contributed by atoms with Crippen molar-refractivity contribution >= 4 is 11.6 Å². The second-order valence-corrected chi connectivity index (χ2v) is 2.78. The third-order valence-electron chi connectivity index (χ3n) is 1.76. The molecular formula is C11H22N4. The Morgan fingerprint density at radius 3 is 2.27 bits per heavy atom. The minimum absolute atomic E-state index is 0.804. The average Bonchev–Trinajstić information content (AvgIpc) is 2.33. The summed E-state index contributed by atoms with van der Waals surface area (Å²) in [6.07, 6.45) is 5.70. The van der Waals surface area contributed by atoms with Crippen LogP contribution in [0.2, 0.25) is 0 Å². The first-order valence-corrected chi connectivity index (χ1v) is 5.61. The van der Waals surface area contributed by atoms with Crippen molar-refractivity contribution in [2.75, 3.05) is 24.2 Å². The molecule has 4 heteroatoms. The van der Waals surface area contributed by atoms with E-state index in [9.17, 15) is 0 Å². The zero-order valence-corrected chi connectivity index (χ0v) is 10.2. The van der Waals surface area contributed by atoms with Gasteiger partial charge in [-0.2, -0.15) is 0 Å². The number of aromatic nitrogens is 2. The van der Waals surface area contributed by atoms with E-state index in [2.05, 4.69) is 27.5 Å². The van der Waals surface area contributed by atoms with Gasteiger partial charge >= 0.3 is 0 Å². The Bertz CT molecular complexity index is 250. The van der Waals surface area contributed by atoms with E-state index < -0.39 is 0 Å². The molecule has 1 aromatic heterocycles. The monoisotopic (exact) mass is 210 g/mol. The maximum atomic E-state index is 4.19. The SMILES string of the molecule is CC.CCCCNc1nccnc1NC. The smallest absolute Gasteiger partial charge is 0.169 e. The van der Waals surface area contributed by atoms with Crippen molar-refractivity contribution in [2.45, 2.75) is 33.6 Å². The van der Waals surface area contributed by atoms with Crippen LogP contribution in [0, 0.1) is 0 Å². The first kappa shape index (κ1) is 13.7. The predicted octanol–water partition coefficient (Wildman–Crippen LogP) is 2.76. The second-order valence-electron chi connectivity index (χ2n) is 2.78.